The van der Waals surface area contributed by atoms with Crippen molar-refractivity contribution in [1.82, 2.24) is 4.98 Å². The highest BCUT2D eigenvalue weighted by Gasteiger charge is 1.97. The Morgan fingerprint density at radius 3 is 2.93 bits per heavy atom. The number of aromatic nitrogens is 1. The van der Waals surface area contributed by atoms with E-state index in [1.54, 1.807) is 6.20 Å². The molecular formula is C11H17ClN2. The molecule has 0 saturated heterocycles. The van der Waals surface area contributed by atoms with E-state index in [-0.39, 0.29) is 0 Å². The fraction of sp³-hybridized carbons (Fsp3) is 0.545. The van der Waals surface area contributed by atoms with Gasteiger partial charge in [-0.1, -0.05) is 37.8 Å². The highest BCUT2D eigenvalue weighted by molar-refractivity contribution is 6.31. The van der Waals surface area contributed by atoms with Gasteiger partial charge in [0.05, 0.1) is 5.69 Å². The van der Waals surface area contributed by atoms with Gasteiger partial charge in [0, 0.05) is 12.7 Å². The van der Waals surface area contributed by atoms with Gasteiger partial charge >= 0.3 is 0 Å². The van der Waals surface area contributed by atoms with Crippen LogP contribution in [0.5, 0.6) is 0 Å². The first-order chi connectivity index (χ1) is 6.84. The molecule has 78 valence electrons. The molecule has 0 atom stereocenters. The molecule has 0 spiro atoms. The fourth-order valence-electron chi connectivity index (χ4n) is 1.29. The minimum atomic E-state index is 0.558. The maximum Gasteiger partial charge on any atom is 0.152 e. The summed E-state index contributed by atoms with van der Waals surface area (Å²) >= 11 is 5.89. The Kier molecular flexibility index (Phi) is 5.38. The molecule has 0 amide bonds. The average Bonchev–Trinajstić information content (AvgIpc) is 2.20. The second-order valence-electron chi connectivity index (χ2n) is 3.33. The molecule has 0 aromatic carbocycles. The second kappa shape index (κ2) is 6.66. The predicted octanol–water partition coefficient (Wildman–Crippen LogP) is 3.73. The minimum Gasteiger partial charge on any atom is -0.383 e. The van der Waals surface area contributed by atoms with Gasteiger partial charge in [-0.2, -0.15) is 0 Å². The van der Waals surface area contributed by atoms with Crippen molar-refractivity contribution >= 4 is 17.3 Å². The molecule has 14 heavy (non-hydrogen) atoms. The monoisotopic (exact) mass is 212 g/mol. The van der Waals surface area contributed by atoms with Gasteiger partial charge in [-0.15, -0.1) is 0 Å². The zero-order chi connectivity index (χ0) is 10.2. The SMILES string of the molecule is CCCCCCNc1cccnc1Cl. The molecule has 1 N–H and O–H groups in total. The van der Waals surface area contributed by atoms with Crippen LogP contribution in [0.25, 0.3) is 0 Å². The third-order valence-corrected chi connectivity index (χ3v) is 2.41. The van der Waals surface area contributed by atoms with Crippen LogP contribution in [0.4, 0.5) is 5.69 Å². The van der Waals surface area contributed by atoms with Gasteiger partial charge in [0.2, 0.25) is 0 Å². The van der Waals surface area contributed by atoms with Gasteiger partial charge in [-0.05, 0) is 18.6 Å². The lowest BCUT2D eigenvalue weighted by molar-refractivity contribution is 0.685. The Morgan fingerprint density at radius 2 is 2.21 bits per heavy atom. The van der Waals surface area contributed by atoms with Gasteiger partial charge in [-0.25, -0.2) is 4.98 Å². The van der Waals surface area contributed by atoms with Crippen LogP contribution in [0, 0.1) is 0 Å². The molecule has 0 aliphatic rings. The summed E-state index contributed by atoms with van der Waals surface area (Å²) in [5.74, 6) is 0. The summed E-state index contributed by atoms with van der Waals surface area (Å²) < 4.78 is 0. The largest absolute Gasteiger partial charge is 0.383 e. The Bertz CT molecular complexity index is 263. The van der Waals surface area contributed by atoms with Crippen LogP contribution < -0.4 is 5.32 Å². The molecule has 0 bridgehead atoms. The van der Waals surface area contributed by atoms with E-state index in [1.807, 2.05) is 12.1 Å². The number of halogens is 1. The molecule has 0 fully saturated rings. The van der Waals surface area contributed by atoms with E-state index in [0.717, 1.165) is 12.2 Å². The summed E-state index contributed by atoms with van der Waals surface area (Å²) in [6, 6.07) is 3.84. The Balaban J connectivity index is 2.21. The van der Waals surface area contributed by atoms with Gasteiger partial charge < -0.3 is 5.32 Å². The molecule has 0 radical (unpaired) electrons. The summed E-state index contributed by atoms with van der Waals surface area (Å²) in [4.78, 5) is 4.00. The van der Waals surface area contributed by atoms with Crippen LogP contribution in [0.2, 0.25) is 5.15 Å². The van der Waals surface area contributed by atoms with E-state index < -0.39 is 0 Å². The summed E-state index contributed by atoms with van der Waals surface area (Å²) in [5, 5.41) is 3.84. The molecule has 0 saturated carbocycles. The summed E-state index contributed by atoms with van der Waals surface area (Å²) in [6.07, 6.45) is 6.75. The summed E-state index contributed by atoms with van der Waals surface area (Å²) in [5.41, 5.74) is 0.936. The van der Waals surface area contributed by atoms with Crippen LogP contribution in [0.3, 0.4) is 0 Å². The summed E-state index contributed by atoms with van der Waals surface area (Å²) in [6.45, 7) is 3.19. The second-order valence-corrected chi connectivity index (χ2v) is 3.69. The van der Waals surface area contributed by atoms with E-state index in [1.165, 1.54) is 25.7 Å². The molecule has 3 heteroatoms. The van der Waals surface area contributed by atoms with Crippen molar-refractivity contribution in [1.29, 1.82) is 0 Å². The number of unbranched alkanes of at least 4 members (excludes halogenated alkanes) is 3. The van der Waals surface area contributed by atoms with Crippen LogP contribution in [0.15, 0.2) is 18.3 Å². The molecule has 1 heterocycles. The molecule has 0 aliphatic heterocycles. The van der Waals surface area contributed by atoms with Gasteiger partial charge in [0.15, 0.2) is 5.15 Å². The Labute approximate surface area is 90.7 Å². The zero-order valence-corrected chi connectivity index (χ0v) is 9.35. The third kappa shape index (κ3) is 3.97. The van der Waals surface area contributed by atoms with Crippen LogP contribution in [-0.4, -0.2) is 11.5 Å². The number of nitrogens with zero attached hydrogens (tertiary/aromatic N) is 1. The first-order valence-corrected chi connectivity index (χ1v) is 5.56. The van der Waals surface area contributed by atoms with Gasteiger partial charge in [-0.3, -0.25) is 0 Å². The quantitative estimate of drug-likeness (QED) is 0.574. The smallest absolute Gasteiger partial charge is 0.152 e. The maximum absolute atomic E-state index is 5.89. The van der Waals surface area contributed by atoms with Crippen LogP contribution in [0.1, 0.15) is 32.6 Å². The standard InChI is InChI=1S/C11H17ClN2/c1-2-3-4-5-8-13-10-7-6-9-14-11(10)12/h6-7,9,13H,2-5,8H2,1H3. The first-order valence-electron chi connectivity index (χ1n) is 5.19. The lowest BCUT2D eigenvalue weighted by atomic mass is 10.2. The maximum atomic E-state index is 5.89. The first kappa shape index (κ1) is 11.3. The minimum absolute atomic E-state index is 0.558. The van der Waals surface area contributed by atoms with Crippen molar-refractivity contribution in [3.05, 3.63) is 23.5 Å². The third-order valence-electron chi connectivity index (χ3n) is 2.10. The molecular weight excluding hydrogens is 196 g/mol. The average molecular weight is 213 g/mol. The van der Waals surface area contributed by atoms with E-state index >= 15 is 0 Å². The van der Waals surface area contributed by atoms with Crippen molar-refractivity contribution in [2.45, 2.75) is 32.6 Å². The van der Waals surface area contributed by atoms with Crippen LogP contribution >= 0.6 is 11.6 Å². The molecule has 2 nitrogen and oxygen atoms in total. The van der Waals surface area contributed by atoms with E-state index in [0.29, 0.717) is 5.15 Å². The van der Waals surface area contributed by atoms with Crippen molar-refractivity contribution in [3.8, 4) is 0 Å². The van der Waals surface area contributed by atoms with Crippen molar-refractivity contribution in [2.24, 2.45) is 0 Å². The lowest BCUT2D eigenvalue weighted by Crippen LogP contribution is -2.02. The highest BCUT2D eigenvalue weighted by Crippen LogP contribution is 2.17. The number of rotatable bonds is 6. The van der Waals surface area contributed by atoms with Crippen molar-refractivity contribution in [2.75, 3.05) is 11.9 Å². The van der Waals surface area contributed by atoms with E-state index in [2.05, 4.69) is 17.2 Å². The van der Waals surface area contributed by atoms with Crippen LogP contribution in [-0.2, 0) is 0 Å². The fourth-order valence-corrected chi connectivity index (χ4v) is 1.48. The summed E-state index contributed by atoms with van der Waals surface area (Å²) in [7, 11) is 0. The Morgan fingerprint density at radius 1 is 1.36 bits per heavy atom. The van der Waals surface area contributed by atoms with Gasteiger partial charge in [0.1, 0.15) is 0 Å². The topological polar surface area (TPSA) is 24.9 Å². The normalized spacial score (nSPS) is 10.1. The predicted molar refractivity (Wildman–Crippen MR) is 61.9 cm³/mol. The number of hydrogen-bond donors (Lipinski definition) is 1. The molecule has 1 aromatic rings. The molecule has 1 aromatic heterocycles. The van der Waals surface area contributed by atoms with Crippen molar-refractivity contribution < 1.29 is 0 Å². The molecule has 0 aliphatic carbocycles. The Hall–Kier alpha value is -0.760. The number of anilines is 1. The van der Waals surface area contributed by atoms with E-state index in [9.17, 15) is 0 Å². The molecule has 0 unspecified atom stereocenters. The lowest BCUT2D eigenvalue weighted by Gasteiger charge is -2.06. The molecule has 1 rings (SSSR count). The number of pyridine rings is 1. The zero-order valence-electron chi connectivity index (χ0n) is 8.59. The van der Waals surface area contributed by atoms with Crippen molar-refractivity contribution in [3.63, 3.8) is 0 Å². The number of hydrogen-bond acceptors (Lipinski definition) is 2. The van der Waals surface area contributed by atoms with Gasteiger partial charge in [0.25, 0.3) is 0 Å². The number of nitrogens with one attached hydrogen (secondary N) is 1. The highest BCUT2D eigenvalue weighted by atomic mass is 35.5. The van der Waals surface area contributed by atoms with E-state index in [4.69, 9.17) is 11.6 Å².